The zero-order chi connectivity index (χ0) is 11.7. The van der Waals surface area contributed by atoms with Gasteiger partial charge in [-0.2, -0.15) is 5.10 Å². The van der Waals surface area contributed by atoms with Gasteiger partial charge in [0.2, 0.25) is 0 Å². The second kappa shape index (κ2) is 3.92. The van der Waals surface area contributed by atoms with Crippen molar-refractivity contribution in [3.63, 3.8) is 0 Å². The fraction of sp³-hybridized carbons (Fsp3) is 0.364. The van der Waals surface area contributed by atoms with Crippen molar-refractivity contribution in [3.8, 4) is 11.5 Å². The van der Waals surface area contributed by atoms with Gasteiger partial charge in [0, 0.05) is 19.3 Å². The van der Waals surface area contributed by atoms with Crippen molar-refractivity contribution in [2.45, 2.75) is 19.8 Å². The molecular weight excluding hydrogens is 204 g/mol. The lowest BCUT2D eigenvalue weighted by Gasteiger charge is -2.04. The standard InChI is InChI=1S/C11H14N4O/c1-7(2)9-6-10(16)13-11(12-9)8-4-5-15(3)14-8/h4-7H,1-3H3,(H,12,13,16). The highest BCUT2D eigenvalue weighted by Gasteiger charge is 2.08. The maximum atomic E-state index is 11.5. The summed E-state index contributed by atoms with van der Waals surface area (Å²) >= 11 is 0. The molecule has 0 spiro atoms. The Bertz CT molecular complexity index is 553. The average molecular weight is 218 g/mol. The maximum Gasteiger partial charge on any atom is 0.251 e. The van der Waals surface area contributed by atoms with Crippen molar-refractivity contribution < 1.29 is 0 Å². The Morgan fingerprint density at radius 1 is 1.44 bits per heavy atom. The third kappa shape index (κ3) is 2.03. The molecule has 2 aromatic rings. The molecule has 0 fully saturated rings. The van der Waals surface area contributed by atoms with Gasteiger partial charge in [-0.3, -0.25) is 9.48 Å². The minimum absolute atomic E-state index is 0.139. The van der Waals surface area contributed by atoms with Crippen LogP contribution in [0.4, 0.5) is 0 Å². The van der Waals surface area contributed by atoms with Crippen LogP contribution >= 0.6 is 0 Å². The Balaban J connectivity index is 2.53. The molecule has 0 aromatic carbocycles. The van der Waals surface area contributed by atoms with Crippen LogP contribution in [0.5, 0.6) is 0 Å². The van der Waals surface area contributed by atoms with Crippen molar-refractivity contribution in [3.05, 3.63) is 34.4 Å². The Hall–Kier alpha value is -1.91. The fourth-order valence-electron chi connectivity index (χ4n) is 1.43. The lowest BCUT2D eigenvalue weighted by atomic mass is 10.1. The van der Waals surface area contributed by atoms with E-state index in [2.05, 4.69) is 15.1 Å². The molecule has 0 unspecified atom stereocenters. The van der Waals surface area contributed by atoms with Crippen molar-refractivity contribution in [1.82, 2.24) is 19.7 Å². The van der Waals surface area contributed by atoms with Gasteiger partial charge >= 0.3 is 0 Å². The largest absolute Gasteiger partial charge is 0.305 e. The van der Waals surface area contributed by atoms with Gasteiger partial charge in [0.25, 0.3) is 5.56 Å². The molecular formula is C11H14N4O. The third-order valence-corrected chi connectivity index (χ3v) is 2.31. The Morgan fingerprint density at radius 3 is 2.75 bits per heavy atom. The predicted octanol–water partition coefficient (Wildman–Crippen LogP) is 1.29. The highest BCUT2D eigenvalue weighted by molar-refractivity contribution is 5.47. The molecule has 84 valence electrons. The monoisotopic (exact) mass is 218 g/mol. The molecule has 2 heterocycles. The number of aryl methyl sites for hydroxylation is 1. The smallest absolute Gasteiger partial charge is 0.251 e. The van der Waals surface area contributed by atoms with Gasteiger partial charge in [0.15, 0.2) is 5.82 Å². The minimum atomic E-state index is -0.139. The quantitative estimate of drug-likeness (QED) is 0.826. The first-order valence-corrected chi connectivity index (χ1v) is 5.17. The van der Waals surface area contributed by atoms with Crippen molar-refractivity contribution >= 4 is 0 Å². The Labute approximate surface area is 93.2 Å². The average Bonchev–Trinajstić information content (AvgIpc) is 2.64. The number of rotatable bonds is 2. The van der Waals surface area contributed by atoms with E-state index in [1.165, 1.54) is 6.07 Å². The van der Waals surface area contributed by atoms with Gasteiger partial charge in [-0.1, -0.05) is 13.8 Å². The van der Waals surface area contributed by atoms with Crippen LogP contribution in [0.3, 0.4) is 0 Å². The summed E-state index contributed by atoms with van der Waals surface area (Å²) in [6.45, 7) is 4.01. The molecule has 2 rings (SSSR count). The number of aromatic amines is 1. The molecule has 0 aliphatic heterocycles. The molecule has 0 amide bonds. The van der Waals surface area contributed by atoms with E-state index >= 15 is 0 Å². The number of nitrogens with one attached hydrogen (secondary N) is 1. The van der Waals surface area contributed by atoms with Gasteiger partial charge in [0.05, 0.1) is 5.69 Å². The van der Waals surface area contributed by atoms with E-state index in [0.29, 0.717) is 11.5 Å². The van der Waals surface area contributed by atoms with E-state index in [1.807, 2.05) is 33.2 Å². The first-order chi connectivity index (χ1) is 7.56. The summed E-state index contributed by atoms with van der Waals surface area (Å²) in [4.78, 5) is 18.5. The number of nitrogens with zero attached hydrogens (tertiary/aromatic N) is 3. The summed E-state index contributed by atoms with van der Waals surface area (Å²) in [7, 11) is 1.83. The molecule has 2 aromatic heterocycles. The van der Waals surface area contributed by atoms with Crippen LogP contribution in [0.15, 0.2) is 23.1 Å². The van der Waals surface area contributed by atoms with E-state index in [1.54, 1.807) is 4.68 Å². The van der Waals surface area contributed by atoms with Gasteiger partial charge in [0.1, 0.15) is 5.69 Å². The van der Waals surface area contributed by atoms with Crippen molar-refractivity contribution in [2.75, 3.05) is 0 Å². The zero-order valence-corrected chi connectivity index (χ0v) is 9.56. The lowest BCUT2D eigenvalue weighted by Crippen LogP contribution is -2.11. The maximum absolute atomic E-state index is 11.5. The van der Waals surface area contributed by atoms with Crippen LogP contribution in [-0.2, 0) is 7.05 Å². The number of hydrogen-bond acceptors (Lipinski definition) is 3. The van der Waals surface area contributed by atoms with Gasteiger partial charge in [-0.15, -0.1) is 0 Å². The molecule has 5 heteroatoms. The Morgan fingerprint density at radius 2 is 2.19 bits per heavy atom. The lowest BCUT2D eigenvalue weighted by molar-refractivity contribution is 0.765. The SMILES string of the molecule is CC(C)c1cc(=O)[nH]c(-c2ccn(C)n2)n1. The molecule has 0 aliphatic rings. The summed E-state index contributed by atoms with van der Waals surface area (Å²) in [6.07, 6.45) is 1.82. The number of hydrogen-bond donors (Lipinski definition) is 1. The zero-order valence-electron chi connectivity index (χ0n) is 9.56. The third-order valence-electron chi connectivity index (χ3n) is 2.31. The summed E-state index contributed by atoms with van der Waals surface area (Å²) in [5, 5.41) is 4.21. The number of aromatic nitrogens is 4. The Kier molecular flexibility index (Phi) is 2.60. The summed E-state index contributed by atoms with van der Waals surface area (Å²) in [5.74, 6) is 0.751. The van der Waals surface area contributed by atoms with E-state index in [4.69, 9.17) is 0 Å². The van der Waals surface area contributed by atoms with Crippen LogP contribution < -0.4 is 5.56 Å². The first-order valence-electron chi connectivity index (χ1n) is 5.17. The van der Waals surface area contributed by atoms with Crippen LogP contribution in [0, 0.1) is 0 Å². The molecule has 0 atom stereocenters. The van der Waals surface area contributed by atoms with Crippen LogP contribution in [0.1, 0.15) is 25.5 Å². The molecule has 5 nitrogen and oxygen atoms in total. The first kappa shape index (κ1) is 10.6. The molecule has 0 radical (unpaired) electrons. The van der Waals surface area contributed by atoms with Gasteiger partial charge < -0.3 is 4.98 Å². The highest BCUT2D eigenvalue weighted by atomic mass is 16.1. The molecule has 16 heavy (non-hydrogen) atoms. The van der Waals surface area contributed by atoms with E-state index in [9.17, 15) is 4.79 Å². The molecule has 0 aliphatic carbocycles. The van der Waals surface area contributed by atoms with Crippen molar-refractivity contribution in [1.29, 1.82) is 0 Å². The van der Waals surface area contributed by atoms with E-state index in [-0.39, 0.29) is 11.5 Å². The topological polar surface area (TPSA) is 63.6 Å². The van der Waals surface area contributed by atoms with Gasteiger partial charge in [-0.05, 0) is 12.0 Å². The van der Waals surface area contributed by atoms with Crippen molar-refractivity contribution in [2.24, 2.45) is 7.05 Å². The van der Waals surface area contributed by atoms with E-state index in [0.717, 1.165) is 5.69 Å². The molecule has 0 saturated heterocycles. The normalized spacial score (nSPS) is 11.0. The van der Waals surface area contributed by atoms with Crippen LogP contribution in [-0.4, -0.2) is 19.7 Å². The number of H-pyrrole nitrogens is 1. The summed E-state index contributed by atoms with van der Waals surface area (Å²) in [5.41, 5.74) is 1.32. The predicted molar refractivity (Wildman–Crippen MR) is 61.1 cm³/mol. The highest BCUT2D eigenvalue weighted by Crippen LogP contribution is 2.14. The summed E-state index contributed by atoms with van der Waals surface area (Å²) in [6, 6.07) is 3.35. The van der Waals surface area contributed by atoms with Crippen LogP contribution in [0.2, 0.25) is 0 Å². The molecule has 1 N–H and O–H groups in total. The molecule has 0 saturated carbocycles. The minimum Gasteiger partial charge on any atom is -0.305 e. The van der Waals surface area contributed by atoms with Gasteiger partial charge in [-0.25, -0.2) is 4.98 Å². The second-order valence-corrected chi connectivity index (χ2v) is 4.05. The van der Waals surface area contributed by atoms with E-state index < -0.39 is 0 Å². The second-order valence-electron chi connectivity index (χ2n) is 4.05. The fourth-order valence-corrected chi connectivity index (χ4v) is 1.43. The van der Waals surface area contributed by atoms with Crippen LogP contribution in [0.25, 0.3) is 11.5 Å². The molecule has 0 bridgehead atoms. The summed E-state index contributed by atoms with van der Waals surface area (Å²) < 4.78 is 1.68.